The molecule has 5 rings (SSSR count). The third-order valence-electron chi connectivity index (χ3n) is 5.66. The maximum atomic E-state index is 5.02. The Kier molecular flexibility index (Phi) is 5.22. The van der Waals surface area contributed by atoms with Gasteiger partial charge in [-0.1, -0.05) is 84.9 Å². The Morgan fingerprint density at radius 2 is 0.800 bits per heavy atom. The van der Waals surface area contributed by atoms with E-state index in [4.69, 9.17) is 9.97 Å². The average Bonchev–Trinajstić information content (AvgIpc) is 2.82. The second-order valence-electron chi connectivity index (χ2n) is 7.79. The summed E-state index contributed by atoms with van der Waals surface area (Å²) in [7, 11) is 0. The molecule has 0 radical (unpaired) electrons. The molecule has 30 heavy (non-hydrogen) atoms. The lowest BCUT2D eigenvalue weighted by Gasteiger charge is -2.08. The Labute approximate surface area is 177 Å². The third kappa shape index (κ3) is 4.08. The fourth-order valence-corrected chi connectivity index (χ4v) is 3.96. The minimum absolute atomic E-state index is 0.935. The Bertz CT molecular complexity index is 1180. The number of benzene rings is 3. The van der Waals surface area contributed by atoms with Crippen molar-refractivity contribution in [1.82, 2.24) is 9.97 Å². The van der Waals surface area contributed by atoms with Crippen LogP contribution in [-0.2, 0) is 25.7 Å². The monoisotopic (exact) mass is 388 g/mol. The summed E-state index contributed by atoms with van der Waals surface area (Å²) in [6.45, 7) is 0. The van der Waals surface area contributed by atoms with E-state index in [9.17, 15) is 0 Å². The highest BCUT2D eigenvalue weighted by Crippen LogP contribution is 2.24. The number of pyridine rings is 2. The molecule has 0 aliphatic rings. The van der Waals surface area contributed by atoms with E-state index >= 15 is 0 Å². The molecule has 2 aromatic heterocycles. The highest BCUT2D eigenvalue weighted by Gasteiger charge is 2.07. The Balaban J connectivity index is 1.44. The first-order valence-corrected chi connectivity index (χ1v) is 10.6. The van der Waals surface area contributed by atoms with E-state index in [0.717, 1.165) is 58.9 Å². The topological polar surface area (TPSA) is 25.8 Å². The largest absolute Gasteiger partial charge is 0.251 e. The zero-order valence-electron chi connectivity index (χ0n) is 17.0. The summed E-state index contributed by atoms with van der Waals surface area (Å²) in [4.78, 5) is 10.0. The van der Waals surface area contributed by atoms with Gasteiger partial charge in [0.2, 0.25) is 0 Å². The van der Waals surface area contributed by atoms with Crippen LogP contribution < -0.4 is 0 Å². The van der Waals surface area contributed by atoms with Crippen LogP contribution in [0.1, 0.15) is 22.5 Å². The summed E-state index contributed by atoms with van der Waals surface area (Å²) >= 11 is 0. The van der Waals surface area contributed by atoms with Crippen molar-refractivity contribution in [3.05, 3.63) is 120 Å². The molecule has 0 spiro atoms. The van der Waals surface area contributed by atoms with Crippen molar-refractivity contribution < 1.29 is 0 Å². The number of aromatic nitrogens is 2. The van der Waals surface area contributed by atoms with Gasteiger partial charge >= 0.3 is 0 Å². The van der Waals surface area contributed by atoms with E-state index in [1.54, 1.807) is 0 Å². The molecule has 0 aliphatic carbocycles. The van der Waals surface area contributed by atoms with Crippen molar-refractivity contribution in [2.75, 3.05) is 0 Å². The summed E-state index contributed by atoms with van der Waals surface area (Å²) in [6.07, 6.45) is 3.87. The zero-order chi connectivity index (χ0) is 20.2. The summed E-state index contributed by atoms with van der Waals surface area (Å²) in [5.41, 5.74) is 6.96. The molecule has 0 atom stereocenters. The predicted octanol–water partition coefficient (Wildman–Crippen LogP) is 6.35. The zero-order valence-corrected chi connectivity index (χ0v) is 17.0. The average molecular weight is 389 g/mol. The fraction of sp³-hybridized carbons (Fsp3) is 0.143. The maximum absolute atomic E-state index is 5.02. The molecule has 2 heteroatoms. The Morgan fingerprint density at radius 1 is 0.400 bits per heavy atom. The summed E-state index contributed by atoms with van der Waals surface area (Å²) in [5.74, 6) is 0. The van der Waals surface area contributed by atoms with Crippen molar-refractivity contribution in [3.8, 4) is 0 Å². The standard InChI is InChI=1S/C28H24N2/c1-3-7-21(8-4-1)11-17-25-19-15-23-13-14-24-16-20-26(30-28(24)27(23)29-25)18-12-22-9-5-2-6-10-22/h1-10,13-16,19-20H,11-12,17-18H2. The minimum Gasteiger partial charge on any atom is -0.251 e. The van der Waals surface area contributed by atoms with Gasteiger partial charge in [-0.25, -0.2) is 0 Å². The number of hydrogen-bond donors (Lipinski definition) is 0. The van der Waals surface area contributed by atoms with Gasteiger partial charge in [-0.05, 0) is 48.9 Å². The van der Waals surface area contributed by atoms with Crippen molar-refractivity contribution in [2.24, 2.45) is 0 Å². The van der Waals surface area contributed by atoms with Gasteiger partial charge in [-0.2, -0.15) is 0 Å². The van der Waals surface area contributed by atoms with Gasteiger partial charge in [-0.15, -0.1) is 0 Å². The summed E-state index contributed by atoms with van der Waals surface area (Å²) in [5, 5.41) is 2.30. The van der Waals surface area contributed by atoms with E-state index < -0.39 is 0 Å². The second kappa shape index (κ2) is 8.46. The van der Waals surface area contributed by atoms with Crippen LogP contribution in [0.3, 0.4) is 0 Å². The predicted molar refractivity (Wildman–Crippen MR) is 125 cm³/mol. The lowest BCUT2D eigenvalue weighted by molar-refractivity contribution is 0.918. The SMILES string of the molecule is c1ccc(CCc2ccc3ccc4ccc(CCc5ccccc5)nc4c3n2)cc1. The third-order valence-corrected chi connectivity index (χ3v) is 5.66. The molecular weight excluding hydrogens is 364 g/mol. The number of nitrogens with zero attached hydrogens (tertiary/aromatic N) is 2. The van der Waals surface area contributed by atoms with Gasteiger partial charge in [0.15, 0.2) is 0 Å². The minimum atomic E-state index is 0.935. The molecule has 0 N–H and O–H groups in total. The molecule has 3 aromatic carbocycles. The fourth-order valence-electron chi connectivity index (χ4n) is 3.96. The van der Waals surface area contributed by atoms with E-state index in [0.29, 0.717) is 0 Å². The number of rotatable bonds is 6. The second-order valence-corrected chi connectivity index (χ2v) is 7.79. The van der Waals surface area contributed by atoms with Crippen LogP contribution >= 0.6 is 0 Å². The molecule has 0 fully saturated rings. The first-order chi connectivity index (χ1) is 14.8. The van der Waals surface area contributed by atoms with E-state index in [2.05, 4.69) is 97.1 Å². The normalized spacial score (nSPS) is 11.2. The van der Waals surface area contributed by atoms with Crippen LogP contribution in [0.2, 0.25) is 0 Å². The van der Waals surface area contributed by atoms with E-state index in [1.165, 1.54) is 11.1 Å². The van der Waals surface area contributed by atoms with Gasteiger partial charge in [-0.3, -0.25) is 9.97 Å². The molecule has 0 saturated carbocycles. The van der Waals surface area contributed by atoms with Crippen molar-refractivity contribution in [1.29, 1.82) is 0 Å². The van der Waals surface area contributed by atoms with Gasteiger partial charge in [0.25, 0.3) is 0 Å². The van der Waals surface area contributed by atoms with Gasteiger partial charge in [0, 0.05) is 22.2 Å². The highest BCUT2D eigenvalue weighted by molar-refractivity contribution is 6.02. The first-order valence-electron chi connectivity index (χ1n) is 10.6. The molecule has 146 valence electrons. The lowest BCUT2D eigenvalue weighted by atomic mass is 10.0. The molecule has 0 bridgehead atoms. The summed E-state index contributed by atoms with van der Waals surface area (Å²) < 4.78 is 0. The molecule has 2 heterocycles. The van der Waals surface area contributed by atoms with Crippen molar-refractivity contribution in [3.63, 3.8) is 0 Å². The van der Waals surface area contributed by atoms with Crippen molar-refractivity contribution in [2.45, 2.75) is 25.7 Å². The van der Waals surface area contributed by atoms with Crippen LogP contribution in [0, 0.1) is 0 Å². The quantitative estimate of drug-likeness (QED) is 0.317. The van der Waals surface area contributed by atoms with Crippen LogP contribution in [-0.4, -0.2) is 9.97 Å². The molecule has 0 saturated heterocycles. The number of fused-ring (bicyclic) bond motifs is 3. The number of aryl methyl sites for hydroxylation is 4. The van der Waals surface area contributed by atoms with Crippen LogP contribution in [0.5, 0.6) is 0 Å². The van der Waals surface area contributed by atoms with Gasteiger partial charge in [0.05, 0.1) is 11.0 Å². The van der Waals surface area contributed by atoms with Gasteiger partial charge in [0.1, 0.15) is 0 Å². The van der Waals surface area contributed by atoms with Crippen LogP contribution in [0.4, 0.5) is 0 Å². The number of hydrogen-bond acceptors (Lipinski definition) is 2. The Morgan fingerprint density at radius 3 is 1.23 bits per heavy atom. The lowest BCUT2D eigenvalue weighted by Crippen LogP contribution is -1.98. The molecular formula is C28H24N2. The van der Waals surface area contributed by atoms with E-state index in [-0.39, 0.29) is 0 Å². The van der Waals surface area contributed by atoms with E-state index in [1.807, 2.05) is 0 Å². The van der Waals surface area contributed by atoms with Crippen LogP contribution in [0.25, 0.3) is 21.8 Å². The molecule has 0 unspecified atom stereocenters. The molecule has 2 nitrogen and oxygen atoms in total. The molecule has 0 aliphatic heterocycles. The Hall–Kier alpha value is -3.52. The molecule has 5 aromatic rings. The summed E-state index contributed by atoms with van der Waals surface area (Å²) in [6, 6.07) is 34.2. The van der Waals surface area contributed by atoms with Crippen molar-refractivity contribution >= 4 is 21.8 Å². The maximum Gasteiger partial charge on any atom is 0.0967 e. The highest BCUT2D eigenvalue weighted by atomic mass is 14.8. The van der Waals surface area contributed by atoms with Crippen LogP contribution in [0.15, 0.2) is 97.1 Å². The first kappa shape index (κ1) is 18.5. The smallest absolute Gasteiger partial charge is 0.0967 e. The molecule has 0 amide bonds. The van der Waals surface area contributed by atoms with Gasteiger partial charge < -0.3 is 0 Å².